The standard InChI is InChI=1S/C16H35N3/c1-7-16(6)19(15(4)5)13-10-17-8-11-18(12-9-17)14(2)3/h14-16H,7-13H2,1-6H3. The number of nitrogens with zero attached hydrogens (tertiary/aromatic N) is 3. The maximum atomic E-state index is 2.65. The maximum Gasteiger partial charge on any atom is 0.0115 e. The highest BCUT2D eigenvalue weighted by Gasteiger charge is 2.21. The van der Waals surface area contributed by atoms with Crippen LogP contribution in [0.5, 0.6) is 0 Å². The summed E-state index contributed by atoms with van der Waals surface area (Å²) < 4.78 is 0. The first-order valence-corrected chi connectivity index (χ1v) is 8.17. The molecular weight excluding hydrogens is 234 g/mol. The average Bonchev–Trinajstić information content (AvgIpc) is 2.38. The van der Waals surface area contributed by atoms with E-state index in [9.17, 15) is 0 Å². The fraction of sp³-hybridized carbons (Fsp3) is 1.00. The first kappa shape index (κ1) is 16.9. The highest BCUT2D eigenvalue weighted by Crippen LogP contribution is 2.10. The van der Waals surface area contributed by atoms with Gasteiger partial charge in [0.15, 0.2) is 0 Å². The van der Waals surface area contributed by atoms with E-state index in [-0.39, 0.29) is 0 Å². The molecule has 0 aromatic heterocycles. The van der Waals surface area contributed by atoms with Gasteiger partial charge >= 0.3 is 0 Å². The zero-order valence-electron chi connectivity index (χ0n) is 14.0. The topological polar surface area (TPSA) is 9.72 Å². The molecule has 1 unspecified atom stereocenters. The second-order valence-electron chi connectivity index (χ2n) is 6.56. The van der Waals surface area contributed by atoms with E-state index in [1.807, 2.05) is 0 Å². The number of hydrogen-bond donors (Lipinski definition) is 0. The van der Waals surface area contributed by atoms with Crippen molar-refractivity contribution in [3.8, 4) is 0 Å². The zero-order chi connectivity index (χ0) is 14.4. The van der Waals surface area contributed by atoms with Crippen LogP contribution in [0.3, 0.4) is 0 Å². The van der Waals surface area contributed by atoms with E-state index in [1.54, 1.807) is 0 Å². The minimum absolute atomic E-state index is 0.659. The summed E-state index contributed by atoms with van der Waals surface area (Å²) in [7, 11) is 0. The Labute approximate surface area is 120 Å². The SMILES string of the molecule is CCC(C)N(CCN1CCN(C(C)C)CC1)C(C)C. The molecule has 0 aliphatic carbocycles. The molecule has 1 heterocycles. The van der Waals surface area contributed by atoms with Crippen LogP contribution in [-0.2, 0) is 0 Å². The van der Waals surface area contributed by atoms with Gasteiger partial charge in [-0.1, -0.05) is 6.92 Å². The lowest BCUT2D eigenvalue weighted by molar-refractivity contribution is 0.0835. The predicted octanol–water partition coefficient (Wildman–Crippen LogP) is 2.52. The van der Waals surface area contributed by atoms with E-state index >= 15 is 0 Å². The first-order chi connectivity index (χ1) is 8.95. The average molecular weight is 269 g/mol. The summed E-state index contributed by atoms with van der Waals surface area (Å²) in [5, 5.41) is 0. The molecule has 0 saturated carbocycles. The lowest BCUT2D eigenvalue weighted by atomic mass is 10.1. The van der Waals surface area contributed by atoms with Crippen LogP contribution in [0.25, 0.3) is 0 Å². The Kier molecular flexibility index (Phi) is 7.33. The third-order valence-corrected chi connectivity index (χ3v) is 4.63. The van der Waals surface area contributed by atoms with Crippen LogP contribution in [0, 0.1) is 0 Å². The van der Waals surface area contributed by atoms with E-state index < -0.39 is 0 Å². The third kappa shape index (κ3) is 5.41. The van der Waals surface area contributed by atoms with Crippen LogP contribution in [0.1, 0.15) is 48.0 Å². The number of hydrogen-bond acceptors (Lipinski definition) is 3. The van der Waals surface area contributed by atoms with E-state index in [4.69, 9.17) is 0 Å². The van der Waals surface area contributed by atoms with Crippen LogP contribution in [0.15, 0.2) is 0 Å². The van der Waals surface area contributed by atoms with Crippen molar-refractivity contribution in [1.29, 1.82) is 0 Å². The summed E-state index contributed by atoms with van der Waals surface area (Å²) in [6, 6.07) is 2.07. The largest absolute Gasteiger partial charge is 0.300 e. The highest BCUT2D eigenvalue weighted by atomic mass is 15.3. The Morgan fingerprint density at radius 1 is 0.947 bits per heavy atom. The molecule has 19 heavy (non-hydrogen) atoms. The molecule has 0 amide bonds. The first-order valence-electron chi connectivity index (χ1n) is 8.17. The molecule has 1 aliphatic rings. The second kappa shape index (κ2) is 8.23. The fourth-order valence-electron chi connectivity index (χ4n) is 2.98. The lowest BCUT2D eigenvalue weighted by Gasteiger charge is -2.39. The molecular formula is C16H35N3. The Morgan fingerprint density at radius 3 is 1.95 bits per heavy atom. The molecule has 1 saturated heterocycles. The van der Waals surface area contributed by atoms with Crippen LogP contribution in [-0.4, -0.2) is 72.1 Å². The molecule has 0 radical (unpaired) electrons. The molecule has 3 heteroatoms. The Hall–Kier alpha value is -0.120. The summed E-state index contributed by atoms with van der Waals surface area (Å²) in [6.07, 6.45) is 1.25. The van der Waals surface area contributed by atoms with Crippen molar-refractivity contribution in [2.45, 2.75) is 66.1 Å². The molecule has 1 fully saturated rings. The number of rotatable bonds is 7. The van der Waals surface area contributed by atoms with Gasteiger partial charge in [0.2, 0.25) is 0 Å². The van der Waals surface area contributed by atoms with Crippen molar-refractivity contribution in [3.63, 3.8) is 0 Å². The molecule has 0 aromatic rings. The van der Waals surface area contributed by atoms with Crippen molar-refractivity contribution in [2.24, 2.45) is 0 Å². The highest BCUT2D eigenvalue weighted by molar-refractivity contribution is 4.77. The Bertz CT molecular complexity index is 232. The zero-order valence-corrected chi connectivity index (χ0v) is 14.0. The summed E-state index contributed by atoms with van der Waals surface area (Å²) >= 11 is 0. The molecule has 1 aliphatic heterocycles. The molecule has 0 N–H and O–H groups in total. The number of piperazine rings is 1. The molecule has 114 valence electrons. The van der Waals surface area contributed by atoms with E-state index in [1.165, 1.54) is 45.7 Å². The van der Waals surface area contributed by atoms with Crippen LogP contribution in [0.2, 0.25) is 0 Å². The van der Waals surface area contributed by atoms with Crippen LogP contribution < -0.4 is 0 Å². The summed E-state index contributed by atoms with van der Waals surface area (Å²) in [5.41, 5.74) is 0. The van der Waals surface area contributed by atoms with Gasteiger partial charge in [-0.15, -0.1) is 0 Å². The maximum absolute atomic E-state index is 2.65. The second-order valence-corrected chi connectivity index (χ2v) is 6.56. The van der Waals surface area contributed by atoms with Crippen molar-refractivity contribution >= 4 is 0 Å². The molecule has 1 atom stereocenters. The molecule has 0 spiro atoms. The molecule has 0 aromatic carbocycles. The van der Waals surface area contributed by atoms with Gasteiger partial charge in [-0.25, -0.2) is 0 Å². The Balaban J connectivity index is 2.32. The van der Waals surface area contributed by atoms with Crippen molar-refractivity contribution < 1.29 is 0 Å². The summed E-state index contributed by atoms with van der Waals surface area (Å²) in [5.74, 6) is 0. The minimum Gasteiger partial charge on any atom is -0.300 e. The third-order valence-electron chi connectivity index (χ3n) is 4.63. The van der Waals surface area contributed by atoms with Crippen LogP contribution >= 0.6 is 0 Å². The predicted molar refractivity (Wildman–Crippen MR) is 84.7 cm³/mol. The van der Waals surface area contributed by atoms with Gasteiger partial charge in [0, 0.05) is 57.4 Å². The minimum atomic E-state index is 0.659. The smallest absolute Gasteiger partial charge is 0.0115 e. The van der Waals surface area contributed by atoms with Gasteiger partial charge < -0.3 is 0 Å². The summed E-state index contributed by atoms with van der Waals surface area (Å²) in [6.45, 7) is 21.3. The molecule has 0 bridgehead atoms. The van der Waals surface area contributed by atoms with Crippen molar-refractivity contribution in [3.05, 3.63) is 0 Å². The summed E-state index contributed by atoms with van der Waals surface area (Å²) in [4.78, 5) is 7.87. The normalized spacial score (nSPS) is 20.7. The fourth-order valence-corrected chi connectivity index (χ4v) is 2.98. The quantitative estimate of drug-likeness (QED) is 0.703. The molecule has 3 nitrogen and oxygen atoms in total. The van der Waals surface area contributed by atoms with Gasteiger partial charge in [0.1, 0.15) is 0 Å². The molecule has 1 rings (SSSR count). The van der Waals surface area contributed by atoms with Crippen molar-refractivity contribution in [1.82, 2.24) is 14.7 Å². The Morgan fingerprint density at radius 2 is 1.53 bits per heavy atom. The van der Waals surface area contributed by atoms with E-state index in [2.05, 4.69) is 56.2 Å². The van der Waals surface area contributed by atoms with Gasteiger partial charge in [-0.2, -0.15) is 0 Å². The van der Waals surface area contributed by atoms with E-state index in [0.717, 1.165) is 0 Å². The van der Waals surface area contributed by atoms with Gasteiger partial charge in [-0.05, 0) is 41.0 Å². The lowest BCUT2D eigenvalue weighted by Crippen LogP contribution is -2.51. The van der Waals surface area contributed by atoms with Crippen molar-refractivity contribution in [2.75, 3.05) is 39.3 Å². The van der Waals surface area contributed by atoms with E-state index in [0.29, 0.717) is 18.1 Å². The van der Waals surface area contributed by atoms with Gasteiger partial charge in [0.25, 0.3) is 0 Å². The van der Waals surface area contributed by atoms with Gasteiger partial charge in [0.05, 0.1) is 0 Å². The monoisotopic (exact) mass is 269 g/mol. The van der Waals surface area contributed by atoms with Crippen LogP contribution in [0.4, 0.5) is 0 Å². The van der Waals surface area contributed by atoms with Gasteiger partial charge in [-0.3, -0.25) is 14.7 Å².